The molecule has 32 heavy (non-hydrogen) atoms. The summed E-state index contributed by atoms with van der Waals surface area (Å²) in [6.45, 7) is 2.66. The minimum Gasteiger partial charge on any atom is -0.494 e. The van der Waals surface area contributed by atoms with Crippen molar-refractivity contribution in [2.75, 3.05) is 13.2 Å². The van der Waals surface area contributed by atoms with Crippen molar-refractivity contribution < 1.29 is 14.3 Å². The second-order valence-corrected chi connectivity index (χ2v) is 7.30. The van der Waals surface area contributed by atoms with Crippen molar-refractivity contribution in [1.82, 2.24) is 9.55 Å². The summed E-state index contributed by atoms with van der Waals surface area (Å²) in [7, 11) is 0. The van der Waals surface area contributed by atoms with Gasteiger partial charge in [-0.05, 0) is 25.5 Å². The highest BCUT2D eigenvalue weighted by molar-refractivity contribution is 5.80. The summed E-state index contributed by atoms with van der Waals surface area (Å²) in [4.78, 5) is 16.2. The lowest BCUT2D eigenvalue weighted by Gasteiger charge is -2.13. The monoisotopic (exact) mass is 426 g/mol. The van der Waals surface area contributed by atoms with Crippen LogP contribution in [0, 0.1) is 0 Å². The molecule has 5 nitrogen and oxygen atoms in total. The number of carbonyl (C=O) groups is 1. The Morgan fingerprint density at radius 2 is 1.62 bits per heavy atom. The first kappa shape index (κ1) is 21.4. The van der Waals surface area contributed by atoms with Crippen LogP contribution in [0.15, 0.2) is 91.3 Å². The van der Waals surface area contributed by atoms with Crippen LogP contribution in [0.4, 0.5) is 0 Å². The van der Waals surface area contributed by atoms with E-state index >= 15 is 0 Å². The minimum absolute atomic E-state index is 0.191. The van der Waals surface area contributed by atoms with Crippen LogP contribution in [-0.2, 0) is 9.53 Å². The first-order chi connectivity index (χ1) is 15.8. The van der Waals surface area contributed by atoms with Crippen LogP contribution in [-0.4, -0.2) is 28.7 Å². The van der Waals surface area contributed by atoms with Crippen LogP contribution in [0.2, 0.25) is 0 Å². The molecular weight excluding hydrogens is 400 g/mol. The largest absolute Gasteiger partial charge is 0.494 e. The molecule has 0 bridgehead atoms. The molecular formula is C27H26N2O3. The Labute approximate surface area is 188 Å². The zero-order valence-electron chi connectivity index (χ0n) is 18.1. The second kappa shape index (κ2) is 10.4. The molecule has 0 unspecified atom stereocenters. The lowest BCUT2D eigenvalue weighted by molar-refractivity contribution is -0.143. The van der Waals surface area contributed by atoms with Crippen molar-refractivity contribution in [1.29, 1.82) is 0 Å². The number of esters is 1. The van der Waals surface area contributed by atoms with Gasteiger partial charge < -0.3 is 9.47 Å². The van der Waals surface area contributed by atoms with E-state index in [0.717, 1.165) is 34.0 Å². The van der Waals surface area contributed by atoms with Gasteiger partial charge in [0.1, 0.15) is 12.1 Å². The van der Waals surface area contributed by atoms with Crippen LogP contribution < -0.4 is 4.74 Å². The van der Waals surface area contributed by atoms with Gasteiger partial charge in [0.15, 0.2) is 0 Å². The third-order valence-corrected chi connectivity index (χ3v) is 5.06. The molecule has 0 N–H and O–H groups in total. The van der Waals surface area contributed by atoms with E-state index in [0.29, 0.717) is 26.1 Å². The van der Waals surface area contributed by atoms with Crippen LogP contribution >= 0.6 is 0 Å². The molecule has 0 aliphatic carbocycles. The number of hydrogen-bond acceptors (Lipinski definition) is 4. The topological polar surface area (TPSA) is 53.4 Å². The van der Waals surface area contributed by atoms with Crippen LogP contribution in [0.5, 0.6) is 5.75 Å². The van der Waals surface area contributed by atoms with Gasteiger partial charge in [0.05, 0.1) is 30.3 Å². The van der Waals surface area contributed by atoms with E-state index in [1.54, 1.807) is 0 Å². The highest BCUT2D eigenvalue weighted by Gasteiger charge is 2.16. The third-order valence-electron chi connectivity index (χ3n) is 5.06. The fraction of sp³-hybridized carbons (Fsp3) is 0.185. The smallest absolute Gasteiger partial charge is 0.305 e. The molecule has 0 radical (unpaired) electrons. The van der Waals surface area contributed by atoms with E-state index in [1.165, 1.54) is 0 Å². The summed E-state index contributed by atoms with van der Waals surface area (Å²) in [5.74, 6) is 0.560. The zero-order valence-corrected chi connectivity index (χ0v) is 18.1. The van der Waals surface area contributed by atoms with Crippen LogP contribution in [0.25, 0.3) is 28.2 Å². The lowest BCUT2D eigenvalue weighted by Crippen LogP contribution is -2.07. The predicted molar refractivity (Wildman–Crippen MR) is 126 cm³/mol. The number of hydrogen-bond donors (Lipinski definition) is 0. The molecule has 0 amide bonds. The molecule has 0 saturated heterocycles. The van der Waals surface area contributed by atoms with E-state index in [9.17, 15) is 4.79 Å². The summed E-state index contributed by atoms with van der Waals surface area (Å²) in [6.07, 6.45) is 2.82. The van der Waals surface area contributed by atoms with Gasteiger partial charge in [0.25, 0.3) is 0 Å². The molecule has 4 aromatic rings. The van der Waals surface area contributed by atoms with Crippen molar-refractivity contribution in [3.05, 3.63) is 91.3 Å². The average Bonchev–Trinajstić information content (AvgIpc) is 3.29. The predicted octanol–water partition coefficient (Wildman–Crippen LogP) is 5.93. The van der Waals surface area contributed by atoms with E-state index in [1.807, 2.05) is 73.9 Å². The summed E-state index contributed by atoms with van der Waals surface area (Å²) in [5.41, 5.74) is 5.07. The number of carbonyl (C=O) groups excluding carboxylic acids is 1. The van der Waals surface area contributed by atoms with Gasteiger partial charge in [0, 0.05) is 23.6 Å². The molecule has 3 aromatic carbocycles. The van der Waals surface area contributed by atoms with Crippen LogP contribution in [0.3, 0.4) is 0 Å². The maximum Gasteiger partial charge on any atom is 0.305 e. The minimum atomic E-state index is -0.191. The summed E-state index contributed by atoms with van der Waals surface area (Å²) >= 11 is 0. The standard InChI is InChI=1S/C27H26N2O3/c1-2-31-25(30)17-10-18-32-24-16-9-15-23(19-24)29-20-28-26(21-11-5-3-6-12-21)27(29)22-13-7-4-8-14-22/h3-9,11-16,19-20H,2,10,17-18H2,1H3. The van der Waals surface area contributed by atoms with E-state index < -0.39 is 0 Å². The van der Waals surface area contributed by atoms with Gasteiger partial charge in [-0.15, -0.1) is 0 Å². The quantitative estimate of drug-likeness (QED) is 0.246. The maximum atomic E-state index is 11.5. The molecule has 4 rings (SSSR count). The number of rotatable bonds is 9. The maximum absolute atomic E-state index is 11.5. The van der Waals surface area contributed by atoms with E-state index in [2.05, 4.69) is 28.8 Å². The molecule has 5 heteroatoms. The average molecular weight is 427 g/mol. The van der Waals surface area contributed by atoms with Gasteiger partial charge in [-0.3, -0.25) is 9.36 Å². The SMILES string of the molecule is CCOC(=O)CCCOc1cccc(-n2cnc(-c3ccccc3)c2-c2ccccc2)c1. The molecule has 0 aliphatic heterocycles. The fourth-order valence-electron chi connectivity index (χ4n) is 3.59. The molecule has 0 fully saturated rings. The highest BCUT2D eigenvalue weighted by Crippen LogP contribution is 2.33. The summed E-state index contributed by atoms with van der Waals surface area (Å²) in [6, 6.07) is 28.4. The third kappa shape index (κ3) is 5.06. The van der Waals surface area contributed by atoms with Crippen molar-refractivity contribution in [2.45, 2.75) is 19.8 Å². The summed E-state index contributed by atoms with van der Waals surface area (Å²) < 4.78 is 12.9. The number of aromatic nitrogens is 2. The first-order valence-corrected chi connectivity index (χ1v) is 10.8. The molecule has 0 saturated carbocycles. The molecule has 1 aromatic heterocycles. The van der Waals surface area contributed by atoms with E-state index in [-0.39, 0.29) is 5.97 Å². The Hall–Kier alpha value is -3.86. The number of ether oxygens (including phenoxy) is 2. The Kier molecular flexibility index (Phi) is 6.98. The Morgan fingerprint density at radius 1 is 0.906 bits per heavy atom. The molecule has 1 heterocycles. The van der Waals surface area contributed by atoms with Crippen molar-refractivity contribution in [3.63, 3.8) is 0 Å². The molecule has 0 spiro atoms. The first-order valence-electron chi connectivity index (χ1n) is 10.8. The molecule has 0 atom stereocenters. The van der Waals surface area contributed by atoms with Gasteiger partial charge in [-0.1, -0.05) is 66.7 Å². The number of benzene rings is 3. The normalized spacial score (nSPS) is 10.7. The molecule has 162 valence electrons. The summed E-state index contributed by atoms with van der Waals surface area (Å²) in [5, 5.41) is 0. The molecule has 0 aliphatic rings. The van der Waals surface area contributed by atoms with Gasteiger partial charge >= 0.3 is 5.97 Å². The lowest BCUT2D eigenvalue weighted by atomic mass is 10.0. The Balaban J connectivity index is 1.61. The Bertz CT molecular complexity index is 1150. The Morgan fingerprint density at radius 3 is 2.34 bits per heavy atom. The van der Waals surface area contributed by atoms with Gasteiger partial charge in [-0.2, -0.15) is 0 Å². The fourth-order valence-corrected chi connectivity index (χ4v) is 3.59. The number of nitrogens with zero attached hydrogens (tertiary/aromatic N) is 2. The van der Waals surface area contributed by atoms with Crippen molar-refractivity contribution in [2.24, 2.45) is 0 Å². The zero-order chi connectivity index (χ0) is 22.2. The number of imidazole rings is 1. The van der Waals surface area contributed by atoms with Gasteiger partial charge in [-0.25, -0.2) is 4.98 Å². The second-order valence-electron chi connectivity index (χ2n) is 7.30. The van der Waals surface area contributed by atoms with Crippen molar-refractivity contribution in [3.8, 4) is 34.0 Å². The van der Waals surface area contributed by atoms with E-state index in [4.69, 9.17) is 14.5 Å². The van der Waals surface area contributed by atoms with Crippen LogP contribution in [0.1, 0.15) is 19.8 Å². The highest BCUT2D eigenvalue weighted by atomic mass is 16.5. The van der Waals surface area contributed by atoms with Gasteiger partial charge in [0.2, 0.25) is 0 Å². The van der Waals surface area contributed by atoms with Crippen molar-refractivity contribution >= 4 is 5.97 Å².